The predicted molar refractivity (Wildman–Crippen MR) is 109 cm³/mol. The van der Waals surface area contributed by atoms with Gasteiger partial charge in [-0.15, -0.1) is 0 Å². The minimum Gasteiger partial charge on any atom is -0.463 e. The van der Waals surface area contributed by atoms with Gasteiger partial charge in [-0.2, -0.15) is 0 Å². The van der Waals surface area contributed by atoms with Gasteiger partial charge in [-0.05, 0) is 76.5 Å². The number of carbonyl (C=O) groups excluding carboxylic acids is 2. The van der Waals surface area contributed by atoms with Crippen molar-refractivity contribution < 1.29 is 23.8 Å². The van der Waals surface area contributed by atoms with Gasteiger partial charge in [0.2, 0.25) is 0 Å². The first-order chi connectivity index (χ1) is 13.6. The lowest BCUT2D eigenvalue weighted by Gasteiger charge is -2.30. The summed E-state index contributed by atoms with van der Waals surface area (Å²) in [6.45, 7) is 6.88. The molecule has 0 amide bonds. The van der Waals surface area contributed by atoms with Gasteiger partial charge in [0.15, 0.2) is 0 Å². The molecule has 0 bridgehead atoms. The quantitative estimate of drug-likeness (QED) is 0.281. The van der Waals surface area contributed by atoms with Gasteiger partial charge in [-0.25, -0.2) is 4.79 Å². The van der Waals surface area contributed by atoms with E-state index in [9.17, 15) is 9.59 Å². The molecule has 0 heterocycles. The topological polar surface area (TPSA) is 61.8 Å². The largest absolute Gasteiger partial charge is 0.463 e. The van der Waals surface area contributed by atoms with Crippen LogP contribution in [0.2, 0.25) is 0 Å². The number of hydrogen-bond acceptors (Lipinski definition) is 5. The van der Waals surface area contributed by atoms with Crippen LogP contribution < -0.4 is 0 Å². The molecule has 0 saturated heterocycles. The van der Waals surface area contributed by atoms with Crippen LogP contribution in [0.15, 0.2) is 12.7 Å². The van der Waals surface area contributed by atoms with Crippen LogP contribution in [-0.2, 0) is 23.8 Å². The van der Waals surface area contributed by atoms with Gasteiger partial charge in [0, 0.05) is 12.7 Å². The number of ether oxygens (including phenoxy) is 3. The van der Waals surface area contributed by atoms with E-state index in [4.69, 9.17) is 14.2 Å². The Bertz CT molecular complexity index is 473. The van der Waals surface area contributed by atoms with Crippen molar-refractivity contribution in [2.45, 2.75) is 96.2 Å². The van der Waals surface area contributed by atoms with E-state index in [0.29, 0.717) is 6.61 Å². The number of hydrogen-bond donors (Lipinski definition) is 0. The first-order valence-corrected chi connectivity index (χ1v) is 11.2. The summed E-state index contributed by atoms with van der Waals surface area (Å²) >= 11 is 0. The smallest absolute Gasteiger partial charge is 0.330 e. The number of unbranched alkanes of at least 4 members (excludes halogenated alkanes) is 3. The molecule has 2 saturated carbocycles. The SMILES string of the molecule is C=CC(=O)OCCCCCCOC1CCC(C(=O)OC2CCC(C)CC2)CC1. The second kappa shape index (κ2) is 13.0. The van der Waals surface area contributed by atoms with Crippen LogP contribution in [0.1, 0.15) is 84.0 Å². The van der Waals surface area contributed by atoms with Crippen LogP contribution in [0.4, 0.5) is 0 Å². The van der Waals surface area contributed by atoms with Crippen LogP contribution >= 0.6 is 0 Å². The third-order valence-corrected chi connectivity index (χ3v) is 6.06. The predicted octanol–water partition coefficient (Wildman–Crippen LogP) is 4.97. The Kier molecular flexibility index (Phi) is 10.6. The average Bonchev–Trinajstić information content (AvgIpc) is 2.71. The number of rotatable bonds is 11. The van der Waals surface area contributed by atoms with Crippen molar-refractivity contribution in [1.82, 2.24) is 0 Å². The summed E-state index contributed by atoms with van der Waals surface area (Å²) in [5, 5.41) is 0. The van der Waals surface area contributed by atoms with E-state index in [-0.39, 0.29) is 30.1 Å². The third-order valence-electron chi connectivity index (χ3n) is 6.06. The fourth-order valence-corrected chi connectivity index (χ4v) is 4.11. The van der Waals surface area contributed by atoms with Crippen LogP contribution in [0, 0.1) is 11.8 Å². The average molecular weight is 395 g/mol. The third kappa shape index (κ3) is 8.76. The molecule has 0 unspecified atom stereocenters. The van der Waals surface area contributed by atoms with E-state index < -0.39 is 0 Å². The summed E-state index contributed by atoms with van der Waals surface area (Å²) in [5.41, 5.74) is 0. The van der Waals surface area contributed by atoms with Gasteiger partial charge in [-0.3, -0.25) is 4.79 Å². The molecule has 2 aliphatic carbocycles. The fraction of sp³-hybridized carbons (Fsp3) is 0.826. The molecule has 0 spiro atoms. The zero-order valence-corrected chi connectivity index (χ0v) is 17.5. The molecule has 0 radical (unpaired) electrons. The van der Waals surface area contributed by atoms with Crippen molar-refractivity contribution in [3.05, 3.63) is 12.7 Å². The van der Waals surface area contributed by atoms with Crippen molar-refractivity contribution in [3.63, 3.8) is 0 Å². The molecular weight excluding hydrogens is 356 g/mol. The second-order valence-electron chi connectivity index (χ2n) is 8.45. The normalized spacial score (nSPS) is 27.8. The van der Waals surface area contributed by atoms with E-state index in [2.05, 4.69) is 13.5 Å². The molecule has 5 heteroatoms. The number of carbonyl (C=O) groups is 2. The zero-order chi connectivity index (χ0) is 20.2. The van der Waals surface area contributed by atoms with E-state index in [0.717, 1.165) is 76.7 Å². The Labute approximate surface area is 170 Å². The first kappa shape index (κ1) is 22.9. The van der Waals surface area contributed by atoms with E-state index in [1.54, 1.807) is 0 Å². The van der Waals surface area contributed by atoms with Gasteiger partial charge in [0.05, 0.1) is 18.6 Å². The molecule has 0 aromatic carbocycles. The summed E-state index contributed by atoms with van der Waals surface area (Å²) in [4.78, 5) is 23.3. The van der Waals surface area contributed by atoms with E-state index >= 15 is 0 Å². The Balaban J connectivity index is 1.46. The van der Waals surface area contributed by atoms with Crippen molar-refractivity contribution in [2.24, 2.45) is 11.8 Å². The minimum absolute atomic E-state index is 0.0233. The maximum absolute atomic E-state index is 12.4. The maximum Gasteiger partial charge on any atom is 0.330 e. The minimum atomic E-state index is -0.351. The standard InChI is InChI=1S/C23H38O5/c1-3-22(24)27-17-7-5-4-6-16-26-20-14-10-19(11-15-20)23(25)28-21-12-8-18(2)9-13-21/h3,18-21H,1,4-17H2,2H3. The lowest BCUT2D eigenvalue weighted by molar-refractivity contribution is -0.158. The molecule has 5 nitrogen and oxygen atoms in total. The van der Waals surface area contributed by atoms with Crippen molar-refractivity contribution >= 4 is 11.9 Å². The summed E-state index contributed by atoms with van der Waals surface area (Å²) in [6.07, 6.45) is 13.8. The molecule has 0 aliphatic heterocycles. The van der Waals surface area contributed by atoms with Gasteiger partial charge < -0.3 is 14.2 Å². The Morgan fingerprint density at radius 1 is 0.857 bits per heavy atom. The highest BCUT2D eigenvalue weighted by Crippen LogP contribution is 2.30. The first-order valence-electron chi connectivity index (χ1n) is 11.2. The molecular formula is C23H38O5. The molecule has 2 aliphatic rings. The molecule has 160 valence electrons. The highest BCUT2D eigenvalue weighted by Gasteiger charge is 2.30. The summed E-state index contributed by atoms with van der Waals surface area (Å²) in [6, 6.07) is 0. The Morgan fingerprint density at radius 2 is 1.46 bits per heavy atom. The van der Waals surface area contributed by atoms with Crippen LogP contribution in [-0.4, -0.2) is 37.4 Å². The van der Waals surface area contributed by atoms with Gasteiger partial charge in [0.25, 0.3) is 0 Å². The van der Waals surface area contributed by atoms with E-state index in [1.165, 1.54) is 18.9 Å². The summed E-state index contributed by atoms with van der Waals surface area (Å²) in [7, 11) is 0. The molecule has 2 fully saturated rings. The van der Waals surface area contributed by atoms with Crippen LogP contribution in [0.5, 0.6) is 0 Å². The van der Waals surface area contributed by atoms with Crippen LogP contribution in [0.3, 0.4) is 0 Å². The number of esters is 2. The lowest BCUT2D eigenvalue weighted by Crippen LogP contribution is -2.31. The van der Waals surface area contributed by atoms with Gasteiger partial charge in [-0.1, -0.05) is 19.9 Å². The van der Waals surface area contributed by atoms with Crippen molar-refractivity contribution in [1.29, 1.82) is 0 Å². The van der Waals surface area contributed by atoms with Gasteiger partial charge >= 0.3 is 11.9 Å². The van der Waals surface area contributed by atoms with Crippen LogP contribution in [0.25, 0.3) is 0 Å². The van der Waals surface area contributed by atoms with Crippen molar-refractivity contribution in [3.8, 4) is 0 Å². The molecule has 0 atom stereocenters. The highest BCUT2D eigenvalue weighted by atomic mass is 16.5. The van der Waals surface area contributed by atoms with E-state index in [1.807, 2.05) is 0 Å². The van der Waals surface area contributed by atoms with Gasteiger partial charge in [0.1, 0.15) is 6.10 Å². The Hall–Kier alpha value is -1.36. The monoisotopic (exact) mass is 394 g/mol. The van der Waals surface area contributed by atoms with Crippen molar-refractivity contribution in [2.75, 3.05) is 13.2 Å². The molecule has 0 aromatic heterocycles. The summed E-state index contributed by atoms with van der Waals surface area (Å²) < 4.78 is 16.7. The highest BCUT2D eigenvalue weighted by molar-refractivity contribution is 5.81. The lowest BCUT2D eigenvalue weighted by atomic mass is 9.86. The summed E-state index contributed by atoms with van der Waals surface area (Å²) in [5.74, 6) is 0.515. The molecule has 0 aromatic rings. The Morgan fingerprint density at radius 3 is 2.11 bits per heavy atom. The fourth-order valence-electron chi connectivity index (χ4n) is 4.11. The molecule has 28 heavy (non-hydrogen) atoms. The zero-order valence-electron chi connectivity index (χ0n) is 17.5. The molecule has 0 N–H and O–H groups in total. The molecule has 2 rings (SSSR count). The second-order valence-corrected chi connectivity index (χ2v) is 8.45. The maximum atomic E-state index is 12.4.